The number of aryl methyl sites for hydroxylation is 1. The van der Waals surface area contributed by atoms with Gasteiger partial charge in [-0.1, -0.05) is 35.9 Å². The Bertz CT molecular complexity index is 1260. The number of aromatic nitrogens is 1. The molecule has 1 fully saturated rings. The van der Waals surface area contributed by atoms with Crippen molar-refractivity contribution >= 4 is 24.1 Å². The van der Waals surface area contributed by atoms with Crippen molar-refractivity contribution in [3.63, 3.8) is 0 Å². The Morgan fingerprint density at radius 1 is 1.26 bits per heavy atom. The van der Waals surface area contributed by atoms with E-state index in [2.05, 4.69) is 15.7 Å². The third-order valence-corrected chi connectivity index (χ3v) is 6.65. The largest absolute Gasteiger partial charge is 0.481 e. The second-order valence-corrected chi connectivity index (χ2v) is 9.52. The third-order valence-electron chi connectivity index (χ3n) is 6.65. The number of nitrogens with zero attached hydrogens (tertiary/aromatic N) is 3. The number of pyridine rings is 1. The first kappa shape index (κ1) is 26.7. The predicted octanol–water partition coefficient (Wildman–Crippen LogP) is 2.25. The Morgan fingerprint density at radius 3 is 2.82 bits per heavy atom. The standard InChI is InChI=1S/C28H31N5O5/c1-19-4-2-5-20(10-19)15-30-33(18-34)24-11-23(12-25(35)13-24)32-9-7-22(17-32)28(38)31-26(14-27(36)37)21-6-3-8-29-16-21/h2-6,8,10-11,13,16,18,22,26,30H,7,9,12,14-15,17H2,1H3,(H,31,38)(H,36,37). The molecule has 38 heavy (non-hydrogen) atoms. The van der Waals surface area contributed by atoms with Gasteiger partial charge in [-0.25, -0.2) is 10.4 Å². The number of carboxylic acid groups (broad SMARTS) is 1. The Labute approximate surface area is 221 Å². The molecule has 0 radical (unpaired) electrons. The normalized spacial score (nSPS) is 17.9. The molecule has 0 saturated carbocycles. The number of likely N-dealkylation sites (tertiary alicyclic amines) is 1. The van der Waals surface area contributed by atoms with Gasteiger partial charge in [-0.15, -0.1) is 0 Å². The van der Waals surface area contributed by atoms with E-state index in [9.17, 15) is 24.3 Å². The van der Waals surface area contributed by atoms with Crippen molar-refractivity contribution in [2.45, 2.75) is 38.8 Å². The Hall–Kier alpha value is -4.31. The molecule has 2 amide bonds. The highest BCUT2D eigenvalue weighted by Gasteiger charge is 2.32. The van der Waals surface area contributed by atoms with E-state index in [4.69, 9.17) is 0 Å². The molecule has 1 saturated heterocycles. The average molecular weight is 518 g/mol. The zero-order chi connectivity index (χ0) is 27.1. The van der Waals surface area contributed by atoms with E-state index >= 15 is 0 Å². The van der Waals surface area contributed by atoms with Crippen molar-refractivity contribution in [1.82, 2.24) is 25.6 Å². The summed E-state index contributed by atoms with van der Waals surface area (Å²) >= 11 is 0. The van der Waals surface area contributed by atoms with E-state index in [1.807, 2.05) is 36.1 Å². The zero-order valence-corrected chi connectivity index (χ0v) is 21.2. The van der Waals surface area contributed by atoms with Crippen molar-refractivity contribution in [3.05, 3.63) is 89.0 Å². The second-order valence-electron chi connectivity index (χ2n) is 9.52. The van der Waals surface area contributed by atoms with E-state index in [0.29, 0.717) is 43.7 Å². The maximum Gasteiger partial charge on any atom is 0.305 e. The minimum Gasteiger partial charge on any atom is -0.481 e. The summed E-state index contributed by atoms with van der Waals surface area (Å²) in [5.41, 5.74) is 6.97. The first-order valence-electron chi connectivity index (χ1n) is 12.5. The number of ketones is 1. The lowest BCUT2D eigenvalue weighted by Crippen LogP contribution is -2.38. The second kappa shape index (κ2) is 12.3. The summed E-state index contributed by atoms with van der Waals surface area (Å²) in [4.78, 5) is 54.8. The molecule has 1 aromatic carbocycles. The van der Waals surface area contributed by atoms with Gasteiger partial charge >= 0.3 is 5.97 Å². The van der Waals surface area contributed by atoms with Gasteiger partial charge in [-0.3, -0.25) is 24.2 Å². The molecule has 2 atom stereocenters. The number of benzene rings is 1. The van der Waals surface area contributed by atoms with E-state index in [1.165, 1.54) is 11.1 Å². The minimum absolute atomic E-state index is 0.132. The molecule has 10 heteroatoms. The summed E-state index contributed by atoms with van der Waals surface area (Å²) in [5, 5.41) is 13.5. The topological polar surface area (TPSA) is 132 Å². The molecule has 10 nitrogen and oxygen atoms in total. The number of hydrazine groups is 1. The summed E-state index contributed by atoms with van der Waals surface area (Å²) < 4.78 is 0. The first-order chi connectivity index (χ1) is 18.3. The van der Waals surface area contributed by atoms with Gasteiger partial charge < -0.3 is 15.3 Å². The van der Waals surface area contributed by atoms with Crippen LogP contribution in [-0.4, -0.2) is 57.2 Å². The van der Waals surface area contributed by atoms with Crippen molar-refractivity contribution in [2.75, 3.05) is 13.1 Å². The van der Waals surface area contributed by atoms with Crippen molar-refractivity contribution in [2.24, 2.45) is 5.92 Å². The number of hydrogen-bond donors (Lipinski definition) is 3. The number of nitrogens with one attached hydrogen (secondary N) is 2. The molecule has 2 aliphatic rings. The summed E-state index contributed by atoms with van der Waals surface area (Å²) in [6, 6.07) is 10.7. The number of allylic oxidation sites excluding steroid dienone is 3. The quantitative estimate of drug-likeness (QED) is 0.306. The number of carbonyl (C=O) groups excluding carboxylic acids is 3. The summed E-state index contributed by atoms with van der Waals surface area (Å²) in [6.07, 6.45) is 7.49. The van der Waals surface area contributed by atoms with Crippen LogP contribution in [0.1, 0.15) is 42.0 Å². The van der Waals surface area contributed by atoms with Crippen LogP contribution in [0.15, 0.2) is 72.3 Å². The molecular formula is C28H31N5O5. The fourth-order valence-electron chi connectivity index (χ4n) is 4.72. The maximum atomic E-state index is 13.1. The molecule has 2 aromatic rings. The van der Waals surface area contributed by atoms with E-state index < -0.39 is 12.0 Å². The monoisotopic (exact) mass is 517 g/mol. The number of carbonyl (C=O) groups is 4. The lowest BCUT2D eigenvalue weighted by atomic mass is 10.0. The van der Waals surface area contributed by atoms with E-state index in [1.54, 1.807) is 30.6 Å². The highest BCUT2D eigenvalue weighted by Crippen LogP contribution is 2.27. The van der Waals surface area contributed by atoms with Gasteiger partial charge in [0.2, 0.25) is 12.3 Å². The highest BCUT2D eigenvalue weighted by molar-refractivity contribution is 5.94. The minimum atomic E-state index is -1.02. The summed E-state index contributed by atoms with van der Waals surface area (Å²) in [5.74, 6) is -1.76. The Morgan fingerprint density at radius 2 is 2.11 bits per heavy atom. The first-order valence-corrected chi connectivity index (χ1v) is 12.5. The van der Waals surface area contributed by atoms with Crippen LogP contribution in [0.4, 0.5) is 0 Å². The maximum absolute atomic E-state index is 13.1. The SMILES string of the molecule is Cc1cccc(CNN(C=O)C2=CC(=O)CC(N3CCC(C(=O)NC(CC(=O)O)c4cccnc4)C3)=C2)c1. The molecule has 2 heterocycles. The van der Waals surface area contributed by atoms with E-state index in [0.717, 1.165) is 16.8 Å². The van der Waals surface area contributed by atoms with Crippen molar-refractivity contribution < 1.29 is 24.3 Å². The van der Waals surface area contributed by atoms with E-state index in [-0.39, 0.29) is 30.4 Å². The number of carboxylic acids is 1. The fourth-order valence-corrected chi connectivity index (χ4v) is 4.72. The molecule has 0 bridgehead atoms. The van der Waals surface area contributed by atoms with Gasteiger partial charge in [0.1, 0.15) is 0 Å². The molecule has 1 aromatic heterocycles. The molecule has 4 rings (SSSR count). The van der Waals surface area contributed by atoms with Gasteiger partial charge in [-0.05, 0) is 36.6 Å². The van der Waals surface area contributed by atoms with Crippen LogP contribution in [0.25, 0.3) is 0 Å². The van der Waals surface area contributed by atoms with Crippen LogP contribution in [0, 0.1) is 12.8 Å². The molecule has 1 aliphatic heterocycles. The molecule has 0 spiro atoms. The van der Waals surface area contributed by atoms with Gasteiger partial charge in [-0.2, -0.15) is 0 Å². The van der Waals surface area contributed by atoms with Gasteiger partial charge in [0, 0.05) is 43.8 Å². The number of hydrogen-bond acceptors (Lipinski definition) is 7. The Balaban J connectivity index is 1.40. The third kappa shape index (κ3) is 6.92. The highest BCUT2D eigenvalue weighted by atomic mass is 16.4. The van der Waals surface area contributed by atoms with Crippen LogP contribution in [0.5, 0.6) is 0 Å². The molecule has 198 valence electrons. The van der Waals surface area contributed by atoms with Gasteiger partial charge in [0.25, 0.3) is 0 Å². The fraction of sp³-hybridized carbons (Fsp3) is 0.321. The number of rotatable bonds is 11. The van der Waals surface area contributed by atoms with Gasteiger partial charge in [0.15, 0.2) is 5.78 Å². The molecule has 1 aliphatic carbocycles. The van der Waals surface area contributed by atoms with Crippen molar-refractivity contribution in [3.8, 4) is 0 Å². The number of amides is 2. The molecular weight excluding hydrogens is 486 g/mol. The van der Waals surface area contributed by atoms with Crippen LogP contribution < -0.4 is 10.7 Å². The molecule has 3 N–H and O–H groups in total. The lowest BCUT2D eigenvalue weighted by Gasteiger charge is -2.28. The average Bonchev–Trinajstić information content (AvgIpc) is 3.39. The smallest absolute Gasteiger partial charge is 0.305 e. The molecule has 2 unspecified atom stereocenters. The van der Waals surface area contributed by atoms with Crippen LogP contribution in [0.2, 0.25) is 0 Å². The Kier molecular flexibility index (Phi) is 8.65. The van der Waals surface area contributed by atoms with Crippen LogP contribution >= 0.6 is 0 Å². The van der Waals surface area contributed by atoms with Crippen molar-refractivity contribution in [1.29, 1.82) is 0 Å². The van der Waals surface area contributed by atoms with Crippen LogP contribution in [-0.2, 0) is 25.7 Å². The predicted molar refractivity (Wildman–Crippen MR) is 139 cm³/mol. The zero-order valence-electron chi connectivity index (χ0n) is 21.2. The summed E-state index contributed by atoms with van der Waals surface area (Å²) in [6.45, 7) is 3.37. The lowest BCUT2D eigenvalue weighted by molar-refractivity contribution is -0.138. The van der Waals surface area contributed by atoms with Gasteiger partial charge in [0.05, 0.1) is 30.5 Å². The van der Waals surface area contributed by atoms with Crippen LogP contribution in [0.3, 0.4) is 0 Å². The summed E-state index contributed by atoms with van der Waals surface area (Å²) in [7, 11) is 0. The number of aliphatic carboxylic acids is 1.